The topological polar surface area (TPSA) is 85.4 Å². The van der Waals surface area contributed by atoms with Crippen molar-refractivity contribution >= 4 is 18.1 Å². The van der Waals surface area contributed by atoms with Crippen molar-refractivity contribution in [3.05, 3.63) is 59.8 Å². The molecule has 9 heteroatoms. The third kappa shape index (κ3) is 4.12. The van der Waals surface area contributed by atoms with E-state index in [1.807, 2.05) is 42.5 Å². The molecule has 2 aliphatic rings. The highest BCUT2D eigenvalue weighted by molar-refractivity contribution is 6.30. The molecule has 1 N–H and O–H groups in total. The average Bonchev–Trinajstić information content (AvgIpc) is 3.47. The maximum absolute atomic E-state index is 8.36. The lowest BCUT2D eigenvalue weighted by atomic mass is 10.1. The van der Waals surface area contributed by atoms with Gasteiger partial charge in [0.2, 0.25) is 0 Å². The zero-order chi connectivity index (χ0) is 21.1. The molecule has 0 radical (unpaired) electrons. The van der Waals surface area contributed by atoms with Crippen LogP contribution in [0.25, 0.3) is 11.5 Å². The van der Waals surface area contributed by atoms with Crippen LogP contribution < -0.4 is 0 Å². The van der Waals surface area contributed by atoms with Crippen molar-refractivity contribution in [2.45, 2.75) is 24.6 Å². The molecule has 158 valence electrons. The molecular formula is C21H24ClN5O3. The lowest BCUT2D eigenvalue weighted by Gasteiger charge is -2.35. The number of hydrogen-bond donors (Lipinski definition) is 1. The number of morpholine rings is 1. The number of carbonyl (C=O) groups is 1. The van der Waals surface area contributed by atoms with Crippen LogP contribution in [0.15, 0.2) is 49.2 Å². The van der Waals surface area contributed by atoms with Crippen LogP contribution in [0.2, 0.25) is 5.02 Å². The monoisotopic (exact) mass is 429 g/mol. The van der Waals surface area contributed by atoms with E-state index in [9.17, 15) is 0 Å². The Morgan fingerprint density at radius 3 is 2.70 bits per heavy atom. The van der Waals surface area contributed by atoms with Crippen LogP contribution in [-0.4, -0.2) is 61.3 Å². The number of imidazole rings is 2. The summed E-state index contributed by atoms with van der Waals surface area (Å²) in [5, 5.41) is 7.65. The molecule has 2 aromatic heterocycles. The number of aryl methyl sites for hydroxylation is 1. The molecule has 2 aliphatic heterocycles. The zero-order valence-corrected chi connectivity index (χ0v) is 17.4. The second-order valence-electron chi connectivity index (χ2n) is 7.52. The van der Waals surface area contributed by atoms with Crippen molar-refractivity contribution in [3.8, 4) is 11.5 Å². The minimum absolute atomic E-state index is 0.108. The summed E-state index contributed by atoms with van der Waals surface area (Å²) in [6.07, 6.45) is 8.85. The van der Waals surface area contributed by atoms with E-state index in [4.69, 9.17) is 26.2 Å². The fourth-order valence-corrected chi connectivity index (χ4v) is 4.43. The SMILES string of the molecule is Cn1cncc1-c1nccn1[C@@H]1C[C@H]2CO[C@@H](c3ccc(Cl)cc3)CN2C1.O=CO. The molecule has 0 spiro atoms. The highest BCUT2D eigenvalue weighted by Crippen LogP contribution is 2.36. The highest BCUT2D eigenvalue weighted by atomic mass is 35.5. The minimum Gasteiger partial charge on any atom is -0.483 e. The number of aromatic nitrogens is 4. The van der Waals surface area contributed by atoms with E-state index in [2.05, 4.69) is 37.8 Å². The number of rotatable bonds is 3. The molecule has 4 heterocycles. The molecule has 5 rings (SSSR count). The summed E-state index contributed by atoms with van der Waals surface area (Å²) in [4.78, 5) is 19.7. The number of benzene rings is 1. The molecule has 0 aliphatic carbocycles. The van der Waals surface area contributed by atoms with Gasteiger partial charge in [-0.1, -0.05) is 23.7 Å². The van der Waals surface area contributed by atoms with Gasteiger partial charge in [-0.05, 0) is 24.1 Å². The van der Waals surface area contributed by atoms with Crippen LogP contribution in [0.1, 0.15) is 24.1 Å². The first kappa shape index (κ1) is 20.6. The molecule has 0 unspecified atom stereocenters. The van der Waals surface area contributed by atoms with Crippen molar-refractivity contribution in [1.82, 2.24) is 24.0 Å². The smallest absolute Gasteiger partial charge is 0.290 e. The Kier molecular flexibility index (Phi) is 6.17. The quantitative estimate of drug-likeness (QED) is 0.644. The Morgan fingerprint density at radius 1 is 1.23 bits per heavy atom. The third-order valence-corrected chi connectivity index (χ3v) is 6.00. The number of carboxylic acid groups (broad SMARTS) is 1. The standard InChI is InChI=1S/C20H22ClN5O.CH2O2/c1-24-13-22-9-18(24)20-23-6-7-26(20)16-8-17-12-27-19(11-25(17)10-16)14-2-4-15(21)5-3-14;2-1-3/h2-7,9,13,16-17,19H,8,10-12H2,1H3;1H,(H,2,3)/t16-,17+,19-;/m1./s1. The Labute approximate surface area is 179 Å². The van der Waals surface area contributed by atoms with E-state index in [0.717, 1.165) is 42.7 Å². The van der Waals surface area contributed by atoms with Crippen molar-refractivity contribution in [1.29, 1.82) is 0 Å². The van der Waals surface area contributed by atoms with Gasteiger partial charge in [0.1, 0.15) is 5.69 Å². The van der Waals surface area contributed by atoms with Crippen LogP contribution in [0.3, 0.4) is 0 Å². The normalized spacial score (nSPS) is 23.5. The van der Waals surface area contributed by atoms with Gasteiger partial charge in [-0.2, -0.15) is 0 Å². The first-order valence-electron chi connectivity index (χ1n) is 9.79. The Bertz CT molecular complexity index is 987. The number of nitrogens with zero attached hydrogens (tertiary/aromatic N) is 5. The molecule has 2 saturated heterocycles. The van der Waals surface area contributed by atoms with Gasteiger partial charge in [-0.3, -0.25) is 9.69 Å². The molecule has 0 bridgehead atoms. The van der Waals surface area contributed by atoms with E-state index < -0.39 is 0 Å². The number of halogens is 1. The summed E-state index contributed by atoms with van der Waals surface area (Å²) >= 11 is 6.02. The molecule has 30 heavy (non-hydrogen) atoms. The summed E-state index contributed by atoms with van der Waals surface area (Å²) in [7, 11) is 2.00. The predicted molar refractivity (Wildman–Crippen MR) is 112 cm³/mol. The summed E-state index contributed by atoms with van der Waals surface area (Å²) in [5.41, 5.74) is 2.24. The van der Waals surface area contributed by atoms with Gasteiger partial charge in [0.25, 0.3) is 6.47 Å². The van der Waals surface area contributed by atoms with E-state index >= 15 is 0 Å². The summed E-state index contributed by atoms with van der Waals surface area (Å²) in [6.45, 7) is 2.44. The van der Waals surface area contributed by atoms with Crippen LogP contribution in [0, 0.1) is 0 Å². The molecule has 1 aromatic carbocycles. The molecule has 2 fully saturated rings. The van der Waals surface area contributed by atoms with E-state index in [0.29, 0.717) is 12.1 Å². The molecule has 3 atom stereocenters. The van der Waals surface area contributed by atoms with Crippen molar-refractivity contribution < 1.29 is 14.6 Å². The predicted octanol–water partition coefficient (Wildman–Crippen LogP) is 3.02. The van der Waals surface area contributed by atoms with Gasteiger partial charge in [-0.25, -0.2) is 9.97 Å². The zero-order valence-electron chi connectivity index (χ0n) is 16.6. The van der Waals surface area contributed by atoms with Crippen LogP contribution in [0.5, 0.6) is 0 Å². The highest BCUT2D eigenvalue weighted by Gasteiger charge is 2.39. The third-order valence-electron chi connectivity index (χ3n) is 5.75. The van der Waals surface area contributed by atoms with Gasteiger partial charge in [0.15, 0.2) is 5.82 Å². The van der Waals surface area contributed by atoms with Crippen molar-refractivity contribution in [2.75, 3.05) is 19.7 Å². The lowest BCUT2D eigenvalue weighted by molar-refractivity contribution is -0.122. The maximum Gasteiger partial charge on any atom is 0.290 e. The first-order chi connectivity index (χ1) is 14.6. The second-order valence-corrected chi connectivity index (χ2v) is 7.96. The molecule has 3 aromatic rings. The Balaban J connectivity index is 0.000000687. The van der Waals surface area contributed by atoms with Crippen LogP contribution in [0.4, 0.5) is 0 Å². The fourth-order valence-electron chi connectivity index (χ4n) is 4.31. The Morgan fingerprint density at radius 2 is 2.00 bits per heavy atom. The van der Waals surface area contributed by atoms with Crippen molar-refractivity contribution in [2.24, 2.45) is 7.05 Å². The van der Waals surface area contributed by atoms with Gasteiger partial charge in [0.05, 0.1) is 25.2 Å². The second kappa shape index (κ2) is 8.99. The Hall–Kier alpha value is -2.68. The van der Waals surface area contributed by atoms with Crippen molar-refractivity contribution in [3.63, 3.8) is 0 Å². The van der Waals surface area contributed by atoms with E-state index in [1.54, 1.807) is 0 Å². The van der Waals surface area contributed by atoms with E-state index in [1.165, 1.54) is 5.56 Å². The minimum atomic E-state index is -0.250. The van der Waals surface area contributed by atoms with Crippen LogP contribution >= 0.6 is 11.6 Å². The number of hydrogen-bond acceptors (Lipinski definition) is 5. The largest absolute Gasteiger partial charge is 0.483 e. The molecule has 0 saturated carbocycles. The number of ether oxygens (including phenoxy) is 1. The molecule has 8 nitrogen and oxygen atoms in total. The lowest BCUT2D eigenvalue weighted by Crippen LogP contribution is -2.42. The maximum atomic E-state index is 8.36. The van der Waals surface area contributed by atoms with Gasteiger partial charge in [0, 0.05) is 49.6 Å². The van der Waals surface area contributed by atoms with Crippen LogP contribution in [-0.2, 0) is 16.6 Å². The summed E-state index contributed by atoms with van der Waals surface area (Å²) in [6, 6.07) is 8.86. The molecular weight excluding hydrogens is 406 g/mol. The van der Waals surface area contributed by atoms with Gasteiger partial charge >= 0.3 is 0 Å². The van der Waals surface area contributed by atoms with Gasteiger partial charge < -0.3 is 19.0 Å². The summed E-state index contributed by atoms with van der Waals surface area (Å²) < 4.78 is 10.5. The molecule has 0 amide bonds. The first-order valence-corrected chi connectivity index (χ1v) is 10.2. The van der Waals surface area contributed by atoms with Gasteiger partial charge in [-0.15, -0.1) is 0 Å². The number of fused-ring (bicyclic) bond motifs is 1. The fraction of sp³-hybridized carbons (Fsp3) is 0.381. The average molecular weight is 430 g/mol. The summed E-state index contributed by atoms with van der Waals surface area (Å²) in [5.74, 6) is 0.981. The van der Waals surface area contributed by atoms with E-state index in [-0.39, 0.29) is 12.6 Å².